The van der Waals surface area contributed by atoms with E-state index in [1.54, 1.807) is 6.07 Å². The molecule has 0 spiro atoms. The summed E-state index contributed by atoms with van der Waals surface area (Å²) in [6, 6.07) is 9.63. The predicted molar refractivity (Wildman–Crippen MR) is 75.6 cm³/mol. The van der Waals surface area contributed by atoms with Crippen LogP contribution in [0.3, 0.4) is 0 Å². The van der Waals surface area contributed by atoms with Crippen molar-refractivity contribution in [3.63, 3.8) is 0 Å². The van der Waals surface area contributed by atoms with Crippen molar-refractivity contribution in [3.05, 3.63) is 53.7 Å². The molecule has 3 aromatic rings. The van der Waals surface area contributed by atoms with Crippen molar-refractivity contribution < 1.29 is 9.21 Å². The molecule has 0 fully saturated rings. The summed E-state index contributed by atoms with van der Waals surface area (Å²) < 4.78 is 5.14. The van der Waals surface area contributed by atoms with Gasteiger partial charge in [0.2, 0.25) is 0 Å². The Bertz CT molecular complexity index is 709. The van der Waals surface area contributed by atoms with E-state index in [9.17, 15) is 4.79 Å². The van der Waals surface area contributed by atoms with Crippen LogP contribution in [0.1, 0.15) is 21.9 Å². The number of nitrogens with zero attached hydrogens (tertiary/aromatic N) is 1. The number of aryl methyl sites for hydroxylation is 1. The van der Waals surface area contributed by atoms with E-state index in [1.165, 1.54) is 6.26 Å². The van der Waals surface area contributed by atoms with Crippen LogP contribution < -0.4 is 5.32 Å². The highest BCUT2D eigenvalue weighted by molar-refractivity contribution is 5.92. The first kappa shape index (κ1) is 12.5. The Morgan fingerprint density at radius 2 is 2.20 bits per heavy atom. The van der Waals surface area contributed by atoms with E-state index in [0.717, 1.165) is 22.4 Å². The van der Waals surface area contributed by atoms with Crippen molar-refractivity contribution in [2.45, 2.75) is 13.3 Å². The molecular weight excluding hydrogens is 254 g/mol. The number of H-pyrrole nitrogens is 1. The molecule has 3 rings (SSSR count). The fourth-order valence-electron chi connectivity index (χ4n) is 2.10. The Labute approximate surface area is 116 Å². The van der Waals surface area contributed by atoms with E-state index < -0.39 is 0 Å². The number of imidazole rings is 1. The minimum Gasteiger partial charge on any atom is -0.459 e. The number of para-hydroxylation sites is 2. The van der Waals surface area contributed by atoms with Crippen molar-refractivity contribution >= 4 is 16.9 Å². The summed E-state index contributed by atoms with van der Waals surface area (Å²) in [6.07, 6.45) is 2.17. The standard InChI is InChI=1S/C15H15N3O2/c1-10-7-9-20-14(10)15(19)16-8-6-13-17-11-4-2-3-5-12(11)18-13/h2-5,7,9H,6,8H2,1H3,(H,16,19)(H,17,18). The van der Waals surface area contributed by atoms with Gasteiger partial charge in [0.05, 0.1) is 17.3 Å². The molecule has 0 radical (unpaired) electrons. The Morgan fingerprint density at radius 3 is 2.95 bits per heavy atom. The lowest BCUT2D eigenvalue weighted by Crippen LogP contribution is -2.26. The summed E-state index contributed by atoms with van der Waals surface area (Å²) in [5.41, 5.74) is 2.79. The van der Waals surface area contributed by atoms with E-state index in [4.69, 9.17) is 4.42 Å². The number of fused-ring (bicyclic) bond motifs is 1. The minimum atomic E-state index is -0.191. The zero-order chi connectivity index (χ0) is 13.9. The number of nitrogens with one attached hydrogen (secondary N) is 2. The number of carbonyl (C=O) groups is 1. The lowest BCUT2D eigenvalue weighted by molar-refractivity contribution is 0.0925. The van der Waals surface area contributed by atoms with Gasteiger partial charge in [0.15, 0.2) is 5.76 Å². The largest absolute Gasteiger partial charge is 0.459 e. The van der Waals surface area contributed by atoms with Crippen LogP contribution in [-0.4, -0.2) is 22.4 Å². The van der Waals surface area contributed by atoms with E-state index in [2.05, 4.69) is 15.3 Å². The number of furan rings is 1. The van der Waals surface area contributed by atoms with Gasteiger partial charge in [-0.05, 0) is 25.1 Å². The third-order valence-electron chi connectivity index (χ3n) is 3.15. The average molecular weight is 269 g/mol. The first-order chi connectivity index (χ1) is 9.74. The molecule has 0 saturated carbocycles. The van der Waals surface area contributed by atoms with Crippen molar-refractivity contribution in [1.29, 1.82) is 0 Å². The zero-order valence-corrected chi connectivity index (χ0v) is 11.1. The first-order valence-electron chi connectivity index (χ1n) is 6.50. The van der Waals surface area contributed by atoms with E-state index in [-0.39, 0.29) is 5.91 Å². The number of amides is 1. The Kier molecular flexibility index (Phi) is 3.25. The topological polar surface area (TPSA) is 70.9 Å². The predicted octanol–water partition coefficient (Wildman–Crippen LogP) is 2.44. The van der Waals surface area contributed by atoms with Crippen molar-refractivity contribution in [2.24, 2.45) is 0 Å². The zero-order valence-electron chi connectivity index (χ0n) is 11.1. The second-order valence-electron chi connectivity index (χ2n) is 4.64. The van der Waals surface area contributed by atoms with E-state index in [0.29, 0.717) is 18.7 Å². The summed E-state index contributed by atoms with van der Waals surface area (Å²) in [5, 5.41) is 2.83. The summed E-state index contributed by atoms with van der Waals surface area (Å²) in [6.45, 7) is 2.36. The SMILES string of the molecule is Cc1ccoc1C(=O)NCCc1nc2ccccc2[nH]1. The maximum atomic E-state index is 11.9. The molecule has 2 aromatic heterocycles. The Balaban J connectivity index is 1.60. The van der Waals surface area contributed by atoms with Gasteiger partial charge in [-0.25, -0.2) is 4.98 Å². The van der Waals surface area contributed by atoms with Gasteiger partial charge < -0.3 is 14.7 Å². The normalized spacial score (nSPS) is 10.8. The second kappa shape index (κ2) is 5.21. The molecule has 0 aliphatic rings. The molecule has 1 amide bonds. The molecule has 20 heavy (non-hydrogen) atoms. The summed E-state index contributed by atoms with van der Waals surface area (Å²) in [7, 11) is 0. The number of aromatic nitrogens is 2. The molecule has 0 bridgehead atoms. The van der Waals surface area contributed by atoms with Crippen LogP contribution in [0.25, 0.3) is 11.0 Å². The smallest absolute Gasteiger partial charge is 0.287 e. The lowest BCUT2D eigenvalue weighted by atomic mass is 10.2. The molecule has 5 nitrogen and oxygen atoms in total. The molecule has 2 N–H and O–H groups in total. The van der Waals surface area contributed by atoms with Crippen LogP contribution >= 0.6 is 0 Å². The van der Waals surface area contributed by atoms with Gasteiger partial charge in [0.25, 0.3) is 5.91 Å². The number of rotatable bonds is 4. The molecule has 0 atom stereocenters. The molecule has 0 aliphatic heterocycles. The van der Waals surface area contributed by atoms with Crippen LogP contribution in [-0.2, 0) is 6.42 Å². The van der Waals surface area contributed by atoms with Gasteiger partial charge in [0.1, 0.15) is 5.82 Å². The highest BCUT2D eigenvalue weighted by Gasteiger charge is 2.11. The quantitative estimate of drug-likeness (QED) is 0.764. The van der Waals surface area contributed by atoms with Gasteiger partial charge >= 0.3 is 0 Å². The molecular formula is C15H15N3O2. The van der Waals surface area contributed by atoms with Crippen LogP contribution in [0.5, 0.6) is 0 Å². The summed E-state index contributed by atoms with van der Waals surface area (Å²) in [5.74, 6) is 1.04. The number of benzene rings is 1. The number of aromatic amines is 1. The minimum absolute atomic E-state index is 0.191. The van der Waals surface area contributed by atoms with Crippen LogP contribution in [0.2, 0.25) is 0 Å². The van der Waals surface area contributed by atoms with Crippen LogP contribution in [0.4, 0.5) is 0 Å². The number of hydrogen-bond acceptors (Lipinski definition) is 3. The Morgan fingerprint density at radius 1 is 1.35 bits per heavy atom. The van der Waals surface area contributed by atoms with Crippen molar-refractivity contribution in [2.75, 3.05) is 6.54 Å². The van der Waals surface area contributed by atoms with Gasteiger partial charge in [-0.2, -0.15) is 0 Å². The maximum Gasteiger partial charge on any atom is 0.287 e. The lowest BCUT2D eigenvalue weighted by Gasteiger charge is -2.02. The average Bonchev–Trinajstić information content (AvgIpc) is 3.04. The Hall–Kier alpha value is -2.56. The highest BCUT2D eigenvalue weighted by Crippen LogP contribution is 2.11. The first-order valence-corrected chi connectivity index (χ1v) is 6.50. The molecule has 0 saturated heterocycles. The van der Waals surface area contributed by atoms with Crippen LogP contribution in [0, 0.1) is 6.92 Å². The maximum absolute atomic E-state index is 11.9. The van der Waals surface area contributed by atoms with Crippen LogP contribution in [0.15, 0.2) is 41.0 Å². The third kappa shape index (κ3) is 2.42. The molecule has 1 aromatic carbocycles. The number of hydrogen-bond donors (Lipinski definition) is 2. The molecule has 2 heterocycles. The fraction of sp³-hybridized carbons (Fsp3) is 0.200. The number of carbonyl (C=O) groups excluding carboxylic acids is 1. The van der Waals surface area contributed by atoms with E-state index in [1.807, 2.05) is 31.2 Å². The van der Waals surface area contributed by atoms with Gasteiger partial charge in [-0.15, -0.1) is 0 Å². The molecule has 102 valence electrons. The summed E-state index contributed by atoms with van der Waals surface area (Å²) in [4.78, 5) is 19.5. The van der Waals surface area contributed by atoms with Crippen molar-refractivity contribution in [1.82, 2.24) is 15.3 Å². The van der Waals surface area contributed by atoms with E-state index >= 15 is 0 Å². The van der Waals surface area contributed by atoms with Gasteiger partial charge in [0, 0.05) is 18.5 Å². The molecule has 0 aliphatic carbocycles. The van der Waals surface area contributed by atoms with Gasteiger partial charge in [-0.1, -0.05) is 12.1 Å². The third-order valence-corrected chi connectivity index (χ3v) is 3.15. The molecule has 5 heteroatoms. The fourth-order valence-corrected chi connectivity index (χ4v) is 2.10. The summed E-state index contributed by atoms with van der Waals surface area (Å²) >= 11 is 0. The highest BCUT2D eigenvalue weighted by atomic mass is 16.3. The molecule has 0 unspecified atom stereocenters. The second-order valence-corrected chi connectivity index (χ2v) is 4.64. The monoisotopic (exact) mass is 269 g/mol. The van der Waals surface area contributed by atoms with Gasteiger partial charge in [-0.3, -0.25) is 4.79 Å². The van der Waals surface area contributed by atoms with Crippen molar-refractivity contribution in [3.8, 4) is 0 Å².